The highest BCUT2D eigenvalue weighted by atomic mass is 35.5. The minimum atomic E-state index is -4.59. The third-order valence-electron chi connectivity index (χ3n) is 20.9. The zero-order chi connectivity index (χ0) is 94.8. The van der Waals surface area contributed by atoms with Crippen LogP contribution in [-0.2, 0) is 33.4 Å². The molecule has 0 radical (unpaired) electrons. The molecule has 0 aliphatic carbocycles. The van der Waals surface area contributed by atoms with Crippen molar-refractivity contribution in [2.75, 3.05) is 98.8 Å². The van der Waals surface area contributed by atoms with Gasteiger partial charge in [-0.25, -0.2) is 73.0 Å². The minimum Gasteiger partial charge on any atom is -0.380 e. The molecule has 0 saturated carbocycles. The van der Waals surface area contributed by atoms with Gasteiger partial charge in [-0.3, -0.25) is 19.2 Å². The van der Waals surface area contributed by atoms with Gasteiger partial charge in [0, 0.05) is 175 Å². The predicted octanol–water partition coefficient (Wildman–Crippen LogP) is 15.2. The maximum atomic E-state index is 14.9. The third kappa shape index (κ3) is 24.2. The number of nitrogens with zero attached hydrogens (tertiary/aromatic N) is 16. The van der Waals surface area contributed by atoms with Crippen LogP contribution in [0.3, 0.4) is 0 Å². The van der Waals surface area contributed by atoms with Crippen LogP contribution in [0.1, 0.15) is 55.9 Å². The van der Waals surface area contributed by atoms with Gasteiger partial charge < -0.3 is 80.3 Å². The number of carbonyl (C=O) groups is 4. The first-order valence-electron chi connectivity index (χ1n) is 40.2. The van der Waals surface area contributed by atoms with Gasteiger partial charge >= 0.3 is 24.7 Å². The Balaban J connectivity index is 0.000000280. The van der Waals surface area contributed by atoms with Crippen molar-refractivity contribution in [2.45, 2.75) is 119 Å². The van der Waals surface area contributed by atoms with Gasteiger partial charge in [0.05, 0.1) is 63.6 Å². The van der Waals surface area contributed by atoms with Gasteiger partial charge in [-0.15, -0.1) is 6.58 Å². The fourth-order valence-electron chi connectivity index (χ4n) is 15.1. The van der Waals surface area contributed by atoms with Crippen LogP contribution < -0.4 is 46.2 Å². The molecule has 132 heavy (non-hydrogen) atoms. The van der Waals surface area contributed by atoms with Crippen molar-refractivity contribution in [2.24, 2.45) is 0 Å². The number of hydrogen-bond acceptors (Lipinski definition) is 24. The van der Waals surface area contributed by atoms with E-state index in [0.29, 0.717) is 112 Å². The Morgan fingerprint density at radius 3 is 1.12 bits per heavy atom. The SMILES string of the molecule is C=CCOC1C[C@H](C(=O)NCC(F)(F)F)N(c2nc(-c3c[nH]c4ncc(Cl)cc34)ncc2F)C1.CCCNC1C[C@H](C(=O)NCC(F)(F)F)N(c2nc(-c3c[nH]c4ncc(Cl)cc34)ncc2F)C1.CCOC1C[C@H](C(=O)NCC(F)(F)F)N(c2nc(-c3c[nH]c4ncc(Cl)cc34)ncc2F)C1.COC1C[C@H](C(=O)NCC(F)(F)F)N(c2ccnc(-c3c[nH]c4ncc(Cl)cc34)n2)C1.[HH].[HH].[HH].[HH].[HH].[HH].[HH]. The predicted molar refractivity (Wildman–Crippen MR) is 471 cm³/mol. The normalized spacial score (nSPS) is 18.7. The first kappa shape index (κ1) is 97.4. The highest BCUT2D eigenvalue weighted by molar-refractivity contribution is 6.32. The molecule has 9 N–H and O–H groups in total. The summed E-state index contributed by atoms with van der Waals surface area (Å²) in [7, 11) is 1.49. The van der Waals surface area contributed by atoms with Crippen LogP contribution in [0.15, 0.2) is 117 Å². The summed E-state index contributed by atoms with van der Waals surface area (Å²) in [6.45, 7) is 3.16. The molecule has 0 bridgehead atoms. The van der Waals surface area contributed by atoms with Gasteiger partial charge in [0.25, 0.3) is 0 Å². The molecule has 16 rings (SSSR count). The van der Waals surface area contributed by atoms with Gasteiger partial charge in [-0.2, -0.15) is 52.7 Å². The lowest BCUT2D eigenvalue weighted by Crippen LogP contribution is -2.46. The summed E-state index contributed by atoms with van der Waals surface area (Å²) in [4.78, 5) is 119. The molecule has 4 saturated heterocycles. The van der Waals surface area contributed by atoms with Crippen LogP contribution in [-0.4, -0.2) is 256 Å². The molecule has 4 aliphatic rings. The molecule has 4 aliphatic heterocycles. The molecule has 716 valence electrons. The number of ether oxygens (including phenoxy) is 3. The van der Waals surface area contributed by atoms with Crippen molar-refractivity contribution in [3.8, 4) is 45.6 Å². The number of anilines is 4. The van der Waals surface area contributed by atoms with Crippen LogP contribution >= 0.6 is 46.4 Å². The Morgan fingerprint density at radius 1 is 0.455 bits per heavy atom. The van der Waals surface area contributed by atoms with Gasteiger partial charge in [-0.05, 0) is 56.6 Å². The fraction of sp³-hybridized carbons (Fsp3) is 0.383. The van der Waals surface area contributed by atoms with Gasteiger partial charge in [-0.1, -0.05) is 59.4 Å². The van der Waals surface area contributed by atoms with E-state index in [1.54, 1.807) is 66.9 Å². The van der Waals surface area contributed by atoms with Crippen LogP contribution in [0.4, 0.5) is 89.1 Å². The van der Waals surface area contributed by atoms with E-state index < -0.39 is 128 Å². The van der Waals surface area contributed by atoms with Crippen molar-refractivity contribution in [3.63, 3.8) is 0 Å². The Labute approximate surface area is 768 Å². The lowest BCUT2D eigenvalue weighted by Gasteiger charge is -2.25. The molecule has 51 heteroatoms. The second-order valence-electron chi connectivity index (χ2n) is 30.1. The van der Waals surface area contributed by atoms with Crippen molar-refractivity contribution in [1.82, 2.24) is 106 Å². The van der Waals surface area contributed by atoms with Crippen molar-refractivity contribution in [3.05, 3.63) is 155 Å². The number of alkyl halides is 12. The molecule has 0 spiro atoms. The fourth-order valence-corrected chi connectivity index (χ4v) is 15.7. The zero-order valence-electron chi connectivity index (χ0n) is 69.2. The molecule has 4 unspecified atom stereocenters. The number of pyridine rings is 4. The number of fused-ring (bicyclic) bond motifs is 4. The number of H-pyrrole nitrogens is 4. The minimum absolute atomic E-state index is 0. The maximum absolute atomic E-state index is 14.9. The summed E-state index contributed by atoms with van der Waals surface area (Å²) in [5.41, 5.74) is 4.34. The Morgan fingerprint density at radius 2 is 0.780 bits per heavy atom. The van der Waals surface area contributed by atoms with Crippen LogP contribution in [0, 0.1) is 17.5 Å². The van der Waals surface area contributed by atoms with Crippen molar-refractivity contribution >= 4 is 137 Å². The topological polar surface area (TPSA) is 387 Å². The van der Waals surface area contributed by atoms with Crippen LogP contribution in [0.5, 0.6) is 0 Å². The van der Waals surface area contributed by atoms with E-state index in [1.807, 2.05) is 28.2 Å². The van der Waals surface area contributed by atoms with E-state index in [1.165, 1.54) is 58.9 Å². The second kappa shape index (κ2) is 41.7. The maximum Gasteiger partial charge on any atom is 0.405 e. The summed E-state index contributed by atoms with van der Waals surface area (Å²) in [5.74, 6) is -5.25. The number of aromatic nitrogens is 16. The van der Waals surface area contributed by atoms with E-state index in [2.05, 4.69) is 91.6 Å². The van der Waals surface area contributed by atoms with Crippen LogP contribution in [0.2, 0.25) is 20.1 Å². The number of halogens is 19. The summed E-state index contributed by atoms with van der Waals surface area (Å²) in [5, 5.41) is 15.0. The largest absolute Gasteiger partial charge is 0.405 e. The van der Waals surface area contributed by atoms with E-state index in [4.69, 9.17) is 60.6 Å². The average molecular weight is 1950 g/mol. The number of aromatic amines is 4. The molecular formula is C81H92Cl4F15N25O7. The van der Waals surface area contributed by atoms with E-state index in [0.717, 1.165) is 30.4 Å². The monoisotopic (exact) mass is 1950 g/mol. The highest BCUT2D eigenvalue weighted by Crippen LogP contribution is 2.39. The van der Waals surface area contributed by atoms with Gasteiger partial charge in [0.15, 0.2) is 58.2 Å². The average Bonchev–Trinajstić information content (AvgIpc) is 1.65. The number of hydrogen-bond donors (Lipinski definition) is 9. The molecule has 16 heterocycles. The number of nitrogens with one attached hydrogen (secondary N) is 9. The number of amides is 4. The molecule has 0 aromatic carbocycles. The van der Waals surface area contributed by atoms with Crippen molar-refractivity contribution in [1.29, 1.82) is 0 Å². The summed E-state index contributed by atoms with van der Waals surface area (Å²) >= 11 is 24.2. The summed E-state index contributed by atoms with van der Waals surface area (Å²) in [6, 6.07) is 3.95. The van der Waals surface area contributed by atoms with Gasteiger partial charge in [0.1, 0.15) is 78.8 Å². The van der Waals surface area contributed by atoms with Crippen LogP contribution in [0.25, 0.3) is 89.7 Å². The first-order chi connectivity index (χ1) is 62.7. The number of methoxy groups -OCH3 is 1. The lowest BCUT2D eigenvalue weighted by molar-refractivity contribution is -0.139. The van der Waals surface area contributed by atoms with Crippen molar-refractivity contribution < 1.29 is 109 Å². The lowest BCUT2D eigenvalue weighted by atomic mass is 10.1. The molecule has 32 nitrogen and oxygen atoms in total. The van der Waals surface area contributed by atoms with E-state index >= 15 is 0 Å². The van der Waals surface area contributed by atoms with E-state index in [-0.39, 0.29) is 109 Å². The first-order valence-corrected chi connectivity index (χ1v) is 41.7. The quantitative estimate of drug-likeness (QED) is 0.0189. The molecular weight excluding hydrogens is 1860 g/mol. The molecule has 12 aromatic rings. The molecule has 8 atom stereocenters. The number of carbonyl (C=O) groups excluding carboxylic acids is 4. The van der Waals surface area contributed by atoms with Gasteiger partial charge in [0.2, 0.25) is 23.6 Å². The third-order valence-corrected chi connectivity index (χ3v) is 21.7. The Bertz CT molecular complexity index is 6170. The Hall–Kier alpha value is -12.2. The molecule has 4 fully saturated rings. The standard InChI is InChI=1S/C21H22ClF4N7O.C21H19ClF4N6O2.C20H19ClF4N6O2.C19H18ClF3N6O2.7H2/c1-2-3-27-12-5-16(20(34)31-10-21(24,25)26)33(9-12)19-15(23)8-30-18(32-19)14-7-29-17-13(14)4-11(22)6-28-17;1-2-3-34-12-5-16(20(33)30-10-21(24,25)26)32(9-12)19-15(23)8-29-18(31-19)14-7-28-17-13(14)4-11(22)6-27-17;1-2-33-11-4-15(19(32)29-9-20(23,24)25)31(8-11)18-14(22)7-28-17(30-18)13-6-27-16-12(13)3-10(21)5-26-16;1-31-11-5-14(18(30)27-9-19(21,22)23)29(8-11)15-2-3-24-17(28-15)13-7-26-16-12(13)4-10(20)6-25-16;;;;;;;/h4,6-8,12,16,27H,2-3,5,9-10H2,1H3,(H,28,29)(H,31,34);2,4,6-8,12,16H,1,3,5,9-10H2,(H,27,28)(H,30,33);3,5-7,11,15H,2,4,8-9H2,1H3,(H,26,27)(H,29,32);2-4,6-7,11,14H,5,8-9H2,1H3,(H,25,26)(H,27,30);7*1H/t2*12?,16-;11?,15-;11?,14-;;;;;;;/m1111......./s1. The second-order valence-corrected chi connectivity index (χ2v) is 31.9. The number of rotatable bonds is 25. The summed E-state index contributed by atoms with van der Waals surface area (Å²) in [6.07, 6.45) is 0.113. The zero-order valence-corrected chi connectivity index (χ0v) is 72.3. The Kier molecular flexibility index (Phi) is 30.8. The highest BCUT2D eigenvalue weighted by Gasteiger charge is 2.46. The smallest absolute Gasteiger partial charge is 0.380 e. The summed E-state index contributed by atoms with van der Waals surface area (Å²) < 4.78 is 212. The van der Waals surface area contributed by atoms with E-state index in [9.17, 15) is 85.0 Å². The molecule has 4 amide bonds. The molecule has 12 aromatic heterocycles.